The zero-order chi connectivity index (χ0) is 17.8. The molecule has 0 aliphatic carbocycles. The van der Waals surface area contributed by atoms with Gasteiger partial charge < -0.3 is 0 Å². The number of benzene rings is 3. The first-order valence-corrected chi connectivity index (χ1v) is 10.5. The number of hydrogen-bond acceptors (Lipinski definition) is 2. The summed E-state index contributed by atoms with van der Waals surface area (Å²) in [4.78, 5) is 2.33. The molecule has 1 aliphatic heterocycles. The van der Waals surface area contributed by atoms with Crippen LogP contribution >= 0.6 is 0 Å². The summed E-state index contributed by atoms with van der Waals surface area (Å²) in [7, 11) is 0. The number of para-hydroxylation sites is 2. The zero-order valence-electron chi connectivity index (χ0n) is 15.0. The van der Waals surface area contributed by atoms with E-state index in [0.29, 0.717) is 0 Å². The Morgan fingerprint density at radius 3 is 2.35 bits per heavy atom. The molecule has 0 atom stereocenters. The van der Waals surface area contributed by atoms with Crippen LogP contribution < -0.4 is 13.8 Å². The van der Waals surface area contributed by atoms with E-state index >= 15 is 0 Å². The first kappa shape index (κ1) is 15.7. The molecular formula is C23H19NOSe. The van der Waals surface area contributed by atoms with Crippen LogP contribution in [0.1, 0.15) is 16.7 Å². The fourth-order valence-corrected chi connectivity index (χ4v) is 6.32. The maximum atomic E-state index is 6.40. The maximum absolute atomic E-state index is 6.40. The Bertz CT molecular complexity index is 1140. The molecule has 1 aliphatic rings. The summed E-state index contributed by atoms with van der Waals surface area (Å²) < 4.78 is 9.14. The van der Waals surface area contributed by atoms with Crippen LogP contribution in [0.3, 0.4) is 0 Å². The van der Waals surface area contributed by atoms with Gasteiger partial charge in [0.15, 0.2) is 0 Å². The molecule has 2 nitrogen and oxygen atoms in total. The summed E-state index contributed by atoms with van der Waals surface area (Å²) in [6, 6.07) is 21.6. The number of aryl methyl sites for hydroxylation is 3. The third-order valence-corrected chi connectivity index (χ3v) is 7.35. The van der Waals surface area contributed by atoms with Crippen LogP contribution in [-0.2, 0) is 0 Å². The van der Waals surface area contributed by atoms with Crippen molar-refractivity contribution in [1.82, 2.24) is 0 Å². The Morgan fingerprint density at radius 1 is 0.846 bits per heavy atom. The van der Waals surface area contributed by atoms with Gasteiger partial charge in [0.05, 0.1) is 0 Å². The molecule has 4 aromatic rings. The summed E-state index contributed by atoms with van der Waals surface area (Å²) in [6.45, 7) is 6.55. The standard InChI is InChI=1S/C23H19NOSe/c1-14-12-15(2)21(16(3)13-14)24-18-9-5-7-11-20(18)26-22-17-8-4-6-10-19(17)25-23(22)24/h4-13H,1-3H3. The van der Waals surface area contributed by atoms with Gasteiger partial charge in [-0.15, -0.1) is 0 Å². The minimum atomic E-state index is 0.238. The van der Waals surface area contributed by atoms with E-state index in [0.717, 1.165) is 11.5 Å². The van der Waals surface area contributed by atoms with Crippen LogP contribution in [0.15, 0.2) is 65.1 Å². The summed E-state index contributed by atoms with van der Waals surface area (Å²) in [5.41, 5.74) is 7.30. The Kier molecular flexibility index (Phi) is 3.49. The molecule has 5 rings (SSSR count). The molecular weight excluding hydrogens is 385 g/mol. The average molecular weight is 404 g/mol. The minimum absolute atomic E-state index is 0.238. The molecule has 2 heterocycles. The first-order valence-electron chi connectivity index (χ1n) is 8.80. The first-order chi connectivity index (χ1) is 12.6. The normalized spacial score (nSPS) is 13.0. The van der Waals surface area contributed by atoms with Crippen LogP contribution in [0.5, 0.6) is 0 Å². The van der Waals surface area contributed by atoms with Gasteiger partial charge >= 0.3 is 160 Å². The zero-order valence-corrected chi connectivity index (χ0v) is 16.8. The monoisotopic (exact) mass is 405 g/mol. The summed E-state index contributed by atoms with van der Waals surface area (Å²) in [6.07, 6.45) is 0. The topological polar surface area (TPSA) is 16.4 Å². The van der Waals surface area contributed by atoms with Crippen molar-refractivity contribution in [2.75, 3.05) is 4.90 Å². The molecule has 0 unspecified atom stereocenters. The number of fused-ring (bicyclic) bond motifs is 4. The van der Waals surface area contributed by atoms with Crippen molar-refractivity contribution in [3.05, 3.63) is 77.4 Å². The molecule has 0 fully saturated rings. The van der Waals surface area contributed by atoms with E-state index in [1.54, 1.807) is 0 Å². The quantitative estimate of drug-likeness (QED) is 0.374. The summed E-state index contributed by atoms with van der Waals surface area (Å²) in [5, 5.41) is 1.24. The van der Waals surface area contributed by atoms with Crippen molar-refractivity contribution in [3.63, 3.8) is 0 Å². The molecule has 3 heteroatoms. The molecule has 0 N–H and O–H groups in total. The molecule has 0 amide bonds. The van der Waals surface area contributed by atoms with Crippen LogP contribution in [-0.4, -0.2) is 15.0 Å². The van der Waals surface area contributed by atoms with Gasteiger partial charge in [-0.1, -0.05) is 0 Å². The van der Waals surface area contributed by atoms with E-state index in [1.807, 2.05) is 6.07 Å². The van der Waals surface area contributed by atoms with Crippen molar-refractivity contribution >= 4 is 52.1 Å². The van der Waals surface area contributed by atoms with E-state index in [1.165, 1.54) is 42.4 Å². The van der Waals surface area contributed by atoms with E-state index < -0.39 is 0 Å². The predicted molar refractivity (Wildman–Crippen MR) is 110 cm³/mol. The SMILES string of the molecule is Cc1cc(C)c(N2c3ccccc3[Se]c3c2oc2ccccc32)c(C)c1. The number of furan rings is 1. The van der Waals surface area contributed by atoms with Crippen molar-refractivity contribution in [2.45, 2.75) is 20.8 Å². The van der Waals surface area contributed by atoms with Gasteiger partial charge in [-0.25, -0.2) is 0 Å². The third kappa shape index (κ3) is 2.25. The third-order valence-electron chi connectivity index (χ3n) is 4.91. The van der Waals surface area contributed by atoms with E-state index in [-0.39, 0.29) is 15.0 Å². The van der Waals surface area contributed by atoms with E-state index in [9.17, 15) is 0 Å². The van der Waals surface area contributed by atoms with E-state index in [4.69, 9.17) is 4.42 Å². The van der Waals surface area contributed by atoms with Gasteiger partial charge in [0.1, 0.15) is 0 Å². The molecule has 3 aromatic carbocycles. The fourth-order valence-electron chi connectivity index (χ4n) is 3.95. The molecule has 0 saturated carbocycles. The Hall–Kier alpha value is -2.48. The number of anilines is 3. The van der Waals surface area contributed by atoms with Gasteiger partial charge in [-0.2, -0.15) is 0 Å². The van der Waals surface area contributed by atoms with Gasteiger partial charge in [-0.05, 0) is 0 Å². The van der Waals surface area contributed by atoms with Gasteiger partial charge in [0, 0.05) is 0 Å². The summed E-state index contributed by atoms with van der Waals surface area (Å²) in [5.74, 6) is 0.986. The van der Waals surface area contributed by atoms with Crippen molar-refractivity contribution < 1.29 is 4.42 Å². The molecule has 0 bridgehead atoms. The van der Waals surface area contributed by atoms with Crippen LogP contribution in [0.2, 0.25) is 0 Å². The van der Waals surface area contributed by atoms with Crippen LogP contribution in [0.4, 0.5) is 17.3 Å². The molecule has 0 radical (unpaired) electrons. The predicted octanol–water partition coefficient (Wildman–Crippen LogP) is 4.80. The fraction of sp³-hybridized carbons (Fsp3) is 0.130. The van der Waals surface area contributed by atoms with Crippen LogP contribution in [0, 0.1) is 20.8 Å². The van der Waals surface area contributed by atoms with Crippen LogP contribution in [0.25, 0.3) is 11.0 Å². The Morgan fingerprint density at radius 2 is 1.54 bits per heavy atom. The Labute approximate surface area is 159 Å². The second-order valence-corrected chi connectivity index (χ2v) is 9.09. The molecule has 0 saturated heterocycles. The number of nitrogens with zero attached hydrogens (tertiary/aromatic N) is 1. The second-order valence-electron chi connectivity index (χ2n) is 6.89. The molecule has 26 heavy (non-hydrogen) atoms. The van der Waals surface area contributed by atoms with Gasteiger partial charge in [-0.3, -0.25) is 0 Å². The summed E-state index contributed by atoms with van der Waals surface area (Å²) >= 11 is 0.238. The average Bonchev–Trinajstić information content (AvgIpc) is 2.99. The number of rotatable bonds is 1. The second kappa shape index (κ2) is 5.77. The Balaban J connectivity index is 1.86. The molecule has 1 aromatic heterocycles. The molecule has 128 valence electrons. The van der Waals surface area contributed by atoms with E-state index in [2.05, 4.69) is 80.3 Å². The van der Waals surface area contributed by atoms with Gasteiger partial charge in [0.25, 0.3) is 0 Å². The van der Waals surface area contributed by atoms with Crippen molar-refractivity contribution in [2.24, 2.45) is 0 Å². The van der Waals surface area contributed by atoms with Crippen molar-refractivity contribution in [3.8, 4) is 0 Å². The number of hydrogen-bond donors (Lipinski definition) is 0. The van der Waals surface area contributed by atoms with Crippen molar-refractivity contribution in [1.29, 1.82) is 0 Å². The molecule has 0 spiro atoms. The van der Waals surface area contributed by atoms with Gasteiger partial charge in [0.2, 0.25) is 0 Å².